The monoisotopic (exact) mass is 407 g/mol. The molecule has 0 radical (unpaired) electrons. The number of rotatable bonds is 17. The molecule has 0 saturated carbocycles. The van der Waals surface area contributed by atoms with E-state index in [1.54, 1.807) is 0 Å². The van der Waals surface area contributed by atoms with Crippen LogP contribution in [0.15, 0.2) is 30.3 Å². The molecule has 0 amide bonds. The van der Waals surface area contributed by atoms with Crippen LogP contribution in [0.3, 0.4) is 0 Å². The van der Waals surface area contributed by atoms with Gasteiger partial charge in [0.25, 0.3) is 0 Å². The summed E-state index contributed by atoms with van der Waals surface area (Å²) in [5.41, 5.74) is 1.37. The first-order valence-corrected chi connectivity index (χ1v) is 14.2. The maximum Gasteiger partial charge on any atom is 0.309 e. The van der Waals surface area contributed by atoms with Gasteiger partial charge < -0.3 is 4.74 Å². The Morgan fingerprint density at radius 2 is 1.36 bits per heavy atom. The molecule has 3 heteroatoms. The topological polar surface area (TPSA) is 26.3 Å². The summed E-state index contributed by atoms with van der Waals surface area (Å²) in [6, 6.07) is 10.5. The zero-order valence-electron chi connectivity index (χ0n) is 18.8. The third kappa shape index (κ3) is 11.2. The number of hydrogen-bond donors (Lipinski definition) is 0. The van der Waals surface area contributed by atoms with Crippen LogP contribution in [0.1, 0.15) is 84.1 Å². The molecule has 0 fully saturated rings. The number of unbranched alkanes of at least 4 members (excludes halogenated alkanes) is 4. The summed E-state index contributed by atoms with van der Waals surface area (Å²) in [4.78, 5) is 12.3. The molecule has 0 heterocycles. The van der Waals surface area contributed by atoms with E-state index < -0.39 is 7.26 Å². The van der Waals surface area contributed by atoms with E-state index in [0.717, 1.165) is 25.4 Å². The number of carbonyl (C=O) groups is 1. The van der Waals surface area contributed by atoms with E-state index in [0.29, 0.717) is 13.0 Å². The first-order valence-electron chi connectivity index (χ1n) is 11.7. The molecule has 0 aromatic heterocycles. The molecule has 0 spiro atoms. The number of aryl methyl sites for hydroxylation is 1. The number of benzene rings is 1. The number of ether oxygens (including phenoxy) is 1. The van der Waals surface area contributed by atoms with Crippen molar-refractivity contribution in [2.45, 2.75) is 85.0 Å². The van der Waals surface area contributed by atoms with Gasteiger partial charge in [0.2, 0.25) is 0 Å². The van der Waals surface area contributed by atoms with Gasteiger partial charge >= 0.3 is 5.97 Å². The Hall–Kier alpha value is -0.880. The summed E-state index contributed by atoms with van der Waals surface area (Å²) in [6.45, 7) is 7.45. The fraction of sp³-hybridized carbons (Fsp3) is 0.720. The molecule has 28 heavy (non-hydrogen) atoms. The molecule has 0 aliphatic heterocycles. The van der Waals surface area contributed by atoms with Crippen molar-refractivity contribution in [1.82, 2.24) is 0 Å². The van der Waals surface area contributed by atoms with Gasteiger partial charge in [-0.1, -0.05) is 70.4 Å². The van der Waals surface area contributed by atoms with Crippen LogP contribution in [-0.2, 0) is 16.0 Å². The Morgan fingerprint density at radius 1 is 0.786 bits per heavy atom. The molecule has 0 unspecified atom stereocenters. The number of hydrogen-bond acceptors (Lipinski definition) is 2. The molecule has 0 N–H and O–H groups in total. The lowest BCUT2D eigenvalue weighted by Crippen LogP contribution is -2.16. The molecule has 0 aliphatic rings. The molecule has 0 saturated heterocycles. The summed E-state index contributed by atoms with van der Waals surface area (Å²) in [7, 11) is -0.985. The van der Waals surface area contributed by atoms with Crippen molar-refractivity contribution in [2.24, 2.45) is 0 Å². The average molecular weight is 408 g/mol. The quantitative estimate of drug-likeness (QED) is 0.153. The van der Waals surface area contributed by atoms with Crippen molar-refractivity contribution in [3.8, 4) is 0 Å². The second-order valence-electron chi connectivity index (χ2n) is 8.21. The van der Waals surface area contributed by atoms with E-state index in [1.165, 1.54) is 62.6 Å². The molecule has 2 nitrogen and oxygen atoms in total. The molecular formula is C25H44O2P+. The summed E-state index contributed by atoms with van der Waals surface area (Å²) in [5, 5.41) is 0. The van der Waals surface area contributed by atoms with E-state index in [-0.39, 0.29) is 5.97 Å². The zero-order chi connectivity index (χ0) is 20.5. The highest BCUT2D eigenvalue weighted by Gasteiger charge is 2.35. The third-order valence-electron chi connectivity index (χ3n) is 5.71. The molecule has 1 aromatic rings. The van der Waals surface area contributed by atoms with E-state index in [9.17, 15) is 4.79 Å². The lowest BCUT2D eigenvalue weighted by molar-refractivity contribution is -0.143. The second-order valence-corrected chi connectivity index (χ2v) is 12.7. The largest absolute Gasteiger partial charge is 0.466 e. The Bertz CT molecular complexity index is 479. The van der Waals surface area contributed by atoms with Crippen LogP contribution in [0.25, 0.3) is 0 Å². The Labute approximate surface area is 175 Å². The molecule has 0 aliphatic carbocycles. The summed E-state index contributed by atoms with van der Waals surface area (Å²) >= 11 is 0. The molecule has 1 aromatic carbocycles. The highest BCUT2D eigenvalue weighted by molar-refractivity contribution is 7.75. The predicted octanol–water partition coefficient (Wildman–Crippen LogP) is 7.36. The van der Waals surface area contributed by atoms with Crippen molar-refractivity contribution in [2.75, 3.05) is 31.3 Å². The minimum Gasteiger partial charge on any atom is -0.466 e. The van der Waals surface area contributed by atoms with Gasteiger partial charge in [0.05, 0.1) is 37.7 Å². The SMILES string of the molecule is CCCC[P+](CCCC)(CCCC)CCC(=O)OCCCCc1ccccc1. The first-order chi connectivity index (χ1) is 13.7. The minimum atomic E-state index is -0.985. The highest BCUT2D eigenvalue weighted by Crippen LogP contribution is 2.61. The highest BCUT2D eigenvalue weighted by atomic mass is 31.2. The van der Waals surface area contributed by atoms with Gasteiger partial charge in [-0.15, -0.1) is 0 Å². The maximum absolute atomic E-state index is 12.3. The van der Waals surface area contributed by atoms with Crippen molar-refractivity contribution in [1.29, 1.82) is 0 Å². The van der Waals surface area contributed by atoms with E-state index in [2.05, 4.69) is 51.1 Å². The van der Waals surface area contributed by atoms with Crippen LogP contribution in [0.2, 0.25) is 0 Å². The van der Waals surface area contributed by atoms with Crippen LogP contribution >= 0.6 is 7.26 Å². The Kier molecular flexibility index (Phi) is 14.4. The summed E-state index contributed by atoms with van der Waals surface area (Å²) in [6.07, 6.45) is 16.8. The smallest absolute Gasteiger partial charge is 0.309 e. The number of esters is 1. The fourth-order valence-corrected chi connectivity index (χ4v) is 8.77. The van der Waals surface area contributed by atoms with Crippen LogP contribution < -0.4 is 0 Å². The average Bonchev–Trinajstić information content (AvgIpc) is 2.73. The van der Waals surface area contributed by atoms with Gasteiger partial charge in [-0.3, -0.25) is 4.79 Å². The van der Waals surface area contributed by atoms with Gasteiger partial charge in [-0.2, -0.15) is 0 Å². The molecular weight excluding hydrogens is 363 g/mol. The van der Waals surface area contributed by atoms with E-state index in [4.69, 9.17) is 4.74 Å². The second kappa shape index (κ2) is 16.0. The summed E-state index contributed by atoms with van der Waals surface area (Å²) < 4.78 is 5.57. The Balaban J connectivity index is 2.36. The van der Waals surface area contributed by atoms with Crippen molar-refractivity contribution >= 4 is 13.2 Å². The van der Waals surface area contributed by atoms with Crippen molar-refractivity contribution in [3.05, 3.63) is 35.9 Å². The van der Waals surface area contributed by atoms with E-state index >= 15 is 0 Å². The first kappa shape index (κ1) is 25.2. The van der Waals surface area contributed by atoms with Crippen LogP contribution in [-0.4, -0.2) is 37.2 Å². The van der Waals surface area contributed by atoms with Crippen LogP contribution in [0.4, 0.5) is 0 Å². The third-order valence-corrected chi connectivity index (χ3v) is 10.7. The van der Waals surface area contributed by atoms with Gasteiger partial charge in [0.15, 0.2) is 0 Å². The molecule has 160 valence electrons. The standard InChI is InChI=1S/C25H44O2P/c1-4-7-20-28(21-8-5-2,22-9-6-3)23-18-25(26)27-19-14-13-17-24-15-11-10-12-16-24/h10-12,15-16H,4-9,13-14,17-23H2,1-3H3/q+1. The zero-order valence-corrected chi connectivity index (χ0v) is 19.7. The molecule has 0 bridgehead atoms. The lowest BCUT2D eigenvalue weighted by atomic mass is 10.1. The predicted molar refractivity (Wildman–Crippen MR) is 126 cm³/mol. The summed E-state index contributed by atoms with van der Waals surface area (Å²) in [5.74, 6) is 0.0357. The maximum atomic E-state index is 12.3. The van der Waals surface area contributed by atoms with Crippen molar-refractivity contribution in [3.63, 3.8) is 0 Å². The van der Waals surface area contributed by atoms with Gasteiger partial charge in [0, 0.05) is 7.26 Å². The molecule has 1 rings (SSSR count). The van der Waals surface area contributed by atoms with Crippen LogP contribution in [0, 0.1) is 0 Å². The lowest BCUT2D eigenvalue weighted by Gasteiger charge is -2.27. The fourth-order valence-electron chi connectivity index (χ4n) is 3.81. The van der Waals surface area contributed by atoms with Crippen molar-refractivity contribution < 1.29 is 9.53 Å². The minimum absolute atomic E-state index is 0.0357. The van der Waals surface area contributed by atoms with Gasteiger partial charge in [-0.25, -0.2) is 0 Å². The van der Waals surface area contributed by atoms with Gasteiger partial charge in [-0.05, 0) is 44.1 Å². The number of carbonyl (C=O) groups excluding carboxylic acids is 1. The molecule has 0 atom stereocenters. The van der Waals surface area contributed by atoms with Gasteiger partial charge in [0.1, 0.15) is 0 Å². The Morgan fingerprint density at radius 3 is 1.89 bits per heavy atom. The van der Waals surface area contributed by atoms with E-state index in [1.807, 2.05) is 0 Å². The normalized spacial score (nSPS) is 11.5. The van der Waals surface area contributed by atoms with Crippen LogP contribution in [0.5, 0.6) is 0 Å².